The number of hydrogen-bond donors (Lipinski definition) is 2. The third kappa shape index (κ3) is 5.20. The van der Waals surface area contributed by atoms with Crippen LogP contribution in [0.1, 0.15) is 32.8 Å². The molecule has 0 fully saturated rings. The highest BCUT2D eigenvalue weighted by Gasteiger charge is 2.04. The fourth-order valence-corrected chi connectivity index (χ4v) is 1.60. The summed E-state index contributed by atoms with van der Waals surface area (Å²) < 4.78 is 5.64. The topological polar surface area (TPSA) is 41.5 Å². The molecule has 17 heavy (non-hydrogen) atoms. The van der Waals surface area contributed by atoms with Crippen LogP contribution in [0.15, 0.2) is 24.3 Å². The second kappa shape index (κ2) is 7.30. The van der Waals surface area contributed by atoms with Gasteiger partial charge in [-0.2, -0.15) is 0 Å². The van der Waals surface area contributed by atoms with Gasteiger partial charge in [-0.3, -0.25) is 0 Å². The number of hydrogen-bond acceptors (Lipinski definition) is 3. The van der Waals surface area contributed by atoms with Crippen molar-refractivity contribution in [1.29, 1.82) is 0 Å². The zero-order valence-corrected chi connectivity index (χ0v) is 10.9. The predicted molar refractivity (Wildman–Crippen MR) is 70.2 cm³/mol. The first-order chi connectivity index (χ1) is 8.15. The summed E-state index contributed by atoms with van der Waals surface area (Å²) in [5.74, 6) is 0.899. The van der Waals surface area contributed by atoms with Gasteiger partial charge < -0.3 is 15.2 Å². The van der Waals surface area contributed by atoms with E-state index in [0.717, 1.165) is 18.7 Å². The second-order valence-electron chi connectivity index (χ2n) is 4.48. The summed E-state index contributed by atoms with van der Waals surface area (Å²) in [6, 6.07) is 8.23. The van der Waals surface area contributed by atoms with Crippen molar-refractivity contribution >= 4 is 0 Å². The number of nitrogens with one attached hydrogen (secondary N) is 1. The maximum atomic E-state index is 9.09. The lowest BCUT2D eigenvalue weighted by Crippen LogP contribution is -2.31. The van der Waals surface area contributed by atoms with E-state index in [1.165, 1.54) is 5.56 Å². The van der Waals surface area contributed by atoms with E-state index in [0.29, 0.717) is 0 Å². The van der Waals surface area contributed by atoms with Gasteiger partial charge in [0.25, 0.3) is 0 Å². The molecule has 0 aliphatic heterocycles. The van der Waals surface area contributed by atoms with Gasteiger partial charge in [-0.15, -0.1) is 0 Å². The molecular weight excluding hydrogens is 214 g/mol. The van der Waals surface area contributed by atoms with Crippen molar-refractivity contribution in [3.8, 4) is 5.75 Å². The first kappa shape index (κ1) is 14.0. The van der Waals surface area contributed by atoms with Crippen molar-refractivity contribution < 1.29 is 9.84 Å². The first-order valence-electron chi connectivity index (χ1n) is 6.25. The molecule has 0 saturated heterocycles. The molecule has 0 aliphatic carbocycles. The quantitative estimate of drug-likeness (QED) is 0.765. The molecule has 3 nitrogen and oxygen atoms in total. The van der Waals surface area contributed by atoms with Crippen molar-refractivity contribution in [2.45, 2.75) is 45.9 Å². The lowest BCUT2D eigenvalue weighted by atomic mass is 10.2. The van der Waals surface area contributed by atoms with E-state index in [2.05, 4.69) is 18.3 Å². The van der Waals surface area contributed by atoms with Crippen LogP contribution in [0, 0.1) is 0 Å². The van der Waals surface area contributed by atoms with Crippen LogP contribution in [0.4, 0.5) is 0 Å². The Morgan fingerprint density at radius 1 is 1.35 bits per heavy atom. The Hall–Kier alpha value is -1.06. The maximum absolute atomic E-state index is 9.09. The highest BCUT2D eigenvalue weighted by molar-refractivity contribution is 5.28. The van der Waals surface area contributed by atoms with E-state index in [1.54, 1.807) is 0 Å². The minimum absolute atomic E-state index is 0.171. The van der Waals surface area contributed by atoms with Crippen molar-refractivity contribution in [2.75, 3.05) is 6.61 Å². The van der Waals surface area contributed by atoms with Crippen LogP contribution in [-0.2, 0) is 6.54 Å². The molecule has 0 aliphatic rings. The van der Waals surface area contributed by atoms with Crippen LogP contribution in [0.5, 0.6) is 5.75 Å². The van der Waals surface area contributed by atoms with Crippen LogP contribution in [0.3, 0.4) is 0 Å². The lowest BCUT2D eigenvalue weighted by Gasteiger charge is -2.15. The largest absolute Gasteiger partial charge is 0.491 e. The second-order valence-corrected chi connectivity index (χ2v) is 4.48. The Morgan fingerprint density at radius 2 is 2.12 bits per heavy atom. The zero-order chi connectivity index (χ0) is 12.7. The molecular formula is C14H23NO2. The third-order valence-corrected chi connectivity index (χ3v) is 2.58. The number of aliphatic hydroxyl groups excluding tert-OH is 1. The molecule has 0 unspecified atom stereocenters. The van der Waals surface area contributed by atoms with Crippen molar-refractivity contribution in [3.63, 3.8) is 0 Å². The van der Waals surface area contributed by atoms with Gasteiger partial charge >= 0.3 is 0 Å². The molecule has 0 amide bonds. The average Bonchev–Trinajstić information content (AvgIpc) is 2.30. The molecule has 0 spiro atoms. The minimum atomic E-state index is 0.171. The number of ether oxygens (including phenoxy) is 1. The van der Waals surface area contributed by atoms with E-state index in [9.17, 15) is 0 Å². The minimum Gasteiger partial charge on any atom is -0.491 e. The summed E-state index contributed by atoms with van der Waals surface area (Å²) in [6.07, 6.45) is 1.12. The molecule has 3 heteroatoms. The predicted octanol–water partition coefficient (Wildman–Crippen LogP) is 2.33. The number of benzene rings is 1. The monoisotopic (exact) mass is 237 g/mol. The fraction of sp³-hybridized carbons (Fsp3) is 0.571. The summed E-state index contributed by atoms with van der Waals surface area (Å²) in [4.78, 5) is 0. The Bertz CT molecular complexity index is 322. The molecule has 0 radical (unpaired) electrons. The van der Waals surface area contributed by atoms with Gasteiger partial charge in [-0.25, -0.2) is 0 Å². The number of rotatable bonds is 7. The molecule has 1 aromatic carbocycles. The molecule has 0 bridgehead atoms. The maximum Gasteiger partial charge on any atom is 0.120 e. The van der Waals surface area contributed by atoms with Crippen molar-refractivity contribution in [1.82, 2.24) is 5.32 Å². The van der Waals surface area contributed by atoms with Crippen LogP contribution in [-0.4, -0.2) is 23.9 Å². The molecule has 1 atom stereocenters. The molecule has 2 N–H and O–H groups in total. The van der Waals surface area contributed by atoms with Gasteiger partial charge in [0, 0.05) is 12.6 Å². The highest BCUT2D eigenvalue weighted by atomic mass is 16.5. The third-order valence-electron chi connectivity index (χ3n) is 2.58. The van der Waals surface area contributed by atoms with Gasteiger partial charge in [-0.1, -0.05) is 19.1 Å². The van der Waals surface area contributed by atoms with E-state index < -0.39 is 0 Å². The highest BCUT2D eigenvalue weighted by Crippen LogP contribution is 2.14. The Morgan fingerprint density at radius 3 is 2.71 bits per heavy atom. The molecule has 1 aromatic rings. The van der Waals surface area contributed by atoms with Gasteiger partial charge in [-0.05, 0) is 38.0 Å². The molecule has 0 aromatic heterocycles. The van der Waals surface area contributed by atoms with E-state index >= 15 is 0 Å². The van der Waals surface area contributed by atoms with Crippen LogP contribution >= 0.6 is 0 Å². The smallest absolute Gasteiger partial charge is 0.120 e. The summed E-state index contributed by atoms with van der Waals surface area (Å²) >= 11 is 0. The number of aliphatic hydroxyl groups is 1. The van der Waals surface area contributed by atoms with Gasteiger partial charge in [0.1, 0.15) is 5.75 Å². The van der Waals surface area contributed by atoms with Crippen LogP contribution < -0.4 is 10.1 Å². The van der Waals surface area contributed by atoms with E-state index in [-0.39, 0.29) is 18.8 Å². The normalized spacial score (nSPS) is 12.8. The Kier molecular flexibility index (Phi) is 6.01. The van der Waals surface area contributed by atoms with Gasteiger partial charge in [0.2, 0.25) is 0 Å². The van der Waals surface area contributed by atoms with Gasteiger partial charge in [0.05, 0.1) is 12.7 Å². The van der Waals surface area contributed by atoms with Crippen LogP contribution in [0.25, 0.3) is 0 Å². The zero-order valence-electron chi connectivity index (χ0n) is 10.9. The lowest BCUT2D eigenvalue weighted by molar-refractivity contribution is 0.237. The molecule has 0 heterocycles. The van der Waals surface area contributed by atoms with E-state index in [4.69, 9.17) is 9.84 Å². The standard InChI is InChI=1S/C14H23NO2/c1-4-13(10-16)15-9-12-6-5-7-14(8-12)17-11(2)3/h5-8,11,13,15-16H,4,9-10H2,1-3H3/t13-/m1/s1. The van der Waals surface area contributed by atoms with Crippen molar-refractivity contribution in [2.24, 2.45) is 0 Å². The SMILES string of the molecule is CC[C@H](CO)NCc1cccc(OC(C)C)c1. The summed E-state index contributed by atoms with van der Waals surface area (Å²) in [6.45, 7) is 7.03. The summed E-state index contributed by atoms with van der Waals surface area (Å²) in [5.41, 5.74) is 1.18. The Balaban J connectivity index is 2.53. The van der Waals surface area contributed by atoms with E-state index in [1.807, 2.05) is 32.0 Å². The first-order valence-corrected chi connectivity index (χ1v) is 6.25. The summed E-state index contributed by atoms with van der Waals surface area (Å²) in [5, 5.41) is 12.4. The Labute approximate surface area is 104 Å². The molecule has 1 rings (SSSR count). The fourth-order valence-electron chi connectivity index (χ4n) is 1.60. The molecule has 96 valence electrons. The van der Waals surface area contributed by atoms with Crippen LogP contribution in [0.2, 0.25) is 0 Å². The van der Waals surface area contributed by atoms with Crippen molar-refractivity contribution in [3.05, 3.63) is 29.8 Å². The average molecular weight is 237 g/mol. The summed E-state index contributed by atoms with van der Waals surface area (Å²) in [7, 11) is 0. The van der Waals surface area contributed by atoms with Gasteiger partial charge in [0.15, 0.2) is 0 Å². The molecule has 0 saturated carbocycles.